The molecule has 3 atom stereocenters. The second-order valence-corrected chi connectivity index (χ2v) is 6.88. The van der Waals surface area contributed by atoms with E-state index in [9.17, 15) is 0 Å². The number of likely N-dealkylation sites (N-methyl/N-ethyl adjacent to an activating group) is 1. The quantitative estimate of drug-likeness (QED) is 0.920. The first-order valence-electron chi connectivity index (χ1n) is 7.52. The van der Waals surface area contributed by atoms with E-state index in [1.165, 1.54) is 6.42 Å². The summed E-state index contributed by atoms with van der Waals surface area (Å²) in [7, 11) is 0. The minimum absolute atomic E-state index is 0.327. The Kier molecular flexibility index (Phi) is 4.33. The first-order chi connectivity index (χ1) is 9.73. The van der Waals surface area contributed by atoms with Gasteiger partial charge < -0.3 is 14.6 Å². The first-order valence-corrected chi connectivity index (χ1v) is 8.67. The molecule has 1 N–H and O–H groups in total. The van der Waals surface area contributed by atoms with Gasteiger partial charge in [-0.05, 0) is 32.7 Å². The maximum atomic E-state index is 5.90. The van der Waals surface area contributed by atoms with Crippen LogP contribution in [0.15, 0.2) is 4.52 Å². The van der Waals surface area contributed by atoms with Crippen molar-refractivity contribution in [1.82, 2.24) is 15.5 Å². The monoisotopic (exact) mass is 297 g/mol. The molecule has 2 aliphatic rings. The van der Waals surface area contributed by atoms with Crippen LogP contribution >= 0.6 is 11.8 Å². The molecule has 3 heterocycles. The van der Waals surface area contributed by atoms with E-state index >= 15 is 0 Å². The van der Waals surface area contributed by atoms with Crippen LogP contribution in [0.4, 0.5) is 0 Å². The van der Waals surface area contributed by atoms with E-state index in [1.54, 1.807) is 0 Å². The molecule has 6 heteroatoms. The molecule has 0 saturated carbocycles. The molecular formula is C14H23N3O2S. The van der Waals surface area contributed by atoms with Gasteiger partial charge in [-0.15, -0.1) is 0 Å². The third-order valence-corrected chi connectivity index (χ3v) is 5.44. The van der Waals surface area contributed by atoms with Crippen LogP contribution in [0, 0.1) is 0 Å². The fourth-order valence-corrected chi connectivity index (χ4v) is 4.34. The SMILES string of the molecule is CCNC1CSCC1c1nc(C2(C)CCCCO2)no1. The van der Waals surface area contributed by atoms with Gasteiger partial charge in [0, 0.05) is 24.2 Å². The van der Waals surface area contributed by atoms with Crippen LogP contribution in [-0.4, -0.2) is 40.8 Å². The Hall–Kier alpha value is -0.590. The van der Waals surface area contributed by atoms with E-state index in [4.69, 9.17) is 9.26 Å². The van der Waals surface area contributed by atoms with Crippen LogP contribution in [0.5, 0.6) is 0 Å². The molecule has 3 rings (SSSR count). The molecule has 0 spiro atoms. The van der Waals surface area contributed by atoms with Gasteiger partial charge in [0.2, 0.25) is 11.7 Å². The molecule has 2 aliphatic heterocycles. The van der Waals surface area contributed by atoms with Crippen molar-refractivity contribution in [1.29, 1.82) is 0 Å². The maximum Gasteiger partial charge on any atom is 0.232 e. The van der Waals surface area contributed by atoms with Gasteiger partial charge in [0.25, 0.3) is 0 Å². The summed E-state index contributed by atoms with van der Waals surface area (Å²) in [4.78, 5) is 4.66. The molecule has 20 heavy (non-hydrogen) atoms. The van der Waals surface area contributed by atoms with Gasteiger partial charge in [-0.25, -0.2) is 0 Å². The van der Waals surface area contributed by atoms with Gasteiger partial charge >= 0.3 is 0 Å². The molecule has 1 aromatic rings. The van der Waals surface area contributed by atoms with Crippen molar-refractivity contribution in [2.75, 3.05) is 24.7 Å². The minimum atomic E-state index is -0.362. The van der Waals surface area contributed by atoms with Gasteiger partial charge in [0.05, 0.1) is 5.92 Å². The second kappa shape index (κ2) is 6.03. The van der Waals surface area contributed by atoms with Crippen LogP contribution < -0.4 is 5.32 Å². The summed E-state index contributed by atoms with van der Waals surface area (Å²) >= 11 is 1.95. The molecule has 0 amide bonds. The van der Waals surface area contributed by atoms with Gasteiger partial charge in [-0.3, -0.25) is 0 Å². The molecule has 0 bridgehead atoms. The molecule has 1 aromatic heterocycles. The average molecular weight is 297 g/mol. The highest BCUT2D eigenvalue weighted by atomic mass is 32.2. The van der Waals surface area contributed by atoms with E-state index in [0.717, 1.165) is 49.2 Å². The summed E-state index contributed by atoms with van der Waals surface area (Å²) in [6.45, 7) is 5.98. The number of aromatic nitrogens is 2. The molecule has 0 aliphatic carbocycles. The zero-order valence-electron chi connectivity index (χ0n) is 12.2. The highest BCUT2D eigenvalue weighted by molar-refractivity contribution is 7.99. The van der Waals surface area contributed by atoms with Crippen molar-refractivity contribution in [2.45, 2.75) is 50.7 Å². The Balaban J connectivity index is 1.76. The van der Waals surface area contributed by atoms with E-state index in [-0.39, 0.29) is 5.60 Å². The number of hydrogen-bond acceptors (Lipinski definition) is 6. The third kappa shape index (κ3) is 2.73. The molecule has 2 fully saturated rings. The van der Waals surface area contributed by atoms with Gasteiger partial charge in [0.1, 0.15) is 5.60 Å². The van der Waals surface area contributed by atoms with Crippen molar-refractivity contribution in [2.24, 2.45) is 0 Å². The normalized spacial score (nSPS) is 34.5. The molecular weight excluding hydrogens is 274 g/mol. The fraction of sp³-hybridized carbons (Fsp3) is 0.857. The average Bonchev–Trinajstić information content (AvgIpc) is 3.08. The van der Waals surface area contributed by atoms with Crippen LogP contribution in [0.3, 0.4) is 0 Å². The van der Waals surface area contributed by atoms with Crippen LogP contribution in [0.1, 0.15) is 50.7 Å². The van der Waals surface area contributed by atoms with E-state index in [1.807, 2.05) is 11.8 Å². The smallest absolute Gasteiger partial charge is 0.232 e. The lowest BCUT2D eigenvalue weighted by Crippen LogP contribution is -2.34. The van der Waals surface area contributed by atoms with Gasteiger partial charge in [0.15, 0.2) is 0 Å². The minimum Gasteiger partial charge on any atom is -0.367 e. The second-order valence-electron chi connectivity index (χ2n) is 5.80. The van der Waals surface area contributed by atoms with Crippen molar-refractivity contribution in [3.63, 3.8) is 0 Å². The molecule has 5 nitrogen and oxygen atoms in total. The van der Waals surface area contributed by atoms with E-state index < -0.39 is 0 Å². The maximum absolute atomic E-state index is 5.90. The lowest BCUT2D eigenvalue weighted by atomic mass is 9.95. The highest BCUT2D eigenvalue weighted by Crippen LogP contribution is 2.36. The molecule has 112 valence electrons. The van der Waals surface area contributed by atoms with Gasteiger partial charge in [-0.2, -0.15) is 16.7 Å². The summed E-state index contributed by atoms with van der Waals surface area (Å²) in [5, 5.41) is 7.71. The summed E-state index contributed by atoms with van der Waals surface area (Å²) in [5.41, 5.74) is -0.362. The van der Waals surface area contributed by atoms with Crippen LogP contribution in [-0.2, 0) is 10.3 Å². The van der Waals surface area contributed by atoms with Crippen molar-refractivity contribution in [3.8, 4) is 0 Å². The summed E-state index contributed by atoms with van der Waals surface area (Å²) in [6, 6.07) is 0.443. The number of nitrogens with one attached hydrogen (secondary N) is 1. The number of hydrogen-bond donors (Lipinski definition) is 1. The van der Waals surface area contributed by atoms with Crippen molar-refractivity contribution >= 4 is 11.8 Å². The molecule has 3 unspecified atom stereocenters. The Morgan fingerprint density at radius 3 is 3.05 bits per heavy atom. The van der Waals surface area contributed by atoms with Crippen LogP contribution in [0.25, 0.3) is 0 Å². The Bertz CT molecular complexity index is 445. The fourth-order valence-electron chi connectivity index (χ4n) is 2.97. The molecule has 0 aromatic carbocycles. The Labute approximate surface area is 124 Å². The van der Waals surface area contributed by atoms with E-state index in [2.05, 4.69) is 29.3 Å². The zero-order valence-corrected chi connectivity index (χ0v) is 13.0. The summed E-state index contributed by atoms with van der Waals surface area (Å²) in [5.74, 6) is 3.99. The number of thioether (sulfide) groups is 1. The molecule has 2 saturated heterocycles. The number of rotatable bonds is 4. The van der Waals surface area contributed by atoms with Crippen molar-refractivity contribution in [3.05, 3.63) is 11.7 Å². The van der Waals surface area contributed by atoms with E-state index in [0.29, 0.717) is 12.0 Å². The predicted molar refractivity (Wildman–Crippen MR) is 79.0 cm³/mol. The Morgan fingerprint density at radius 1 is 1.40 bits per heavy atom. The summed E-state index contributed by atoms with van der Waals surface area (Å²) < 4.78 is 11.4. The van der Waals surface area contributed by atoms with Crippen LogP contribution in [0.2, 0.25) is 0 Å². The third-order valence-electron chi connectivity index (χ3n) is 4.25. The summed E-state index contributed by atoms with van der Waals surface area (Å²) in [6.07, 6.45) is 3.27. The highest BCUT2D eigenvalue weighted by Gasteiger charge is 2.38. The lowest BCUT2D eigenvalue weighted by molar-refractivity contribution is -0.0770. The standard InChI is InChI=1S/C14H23N3O2S/c1-3-15-11-9-20-8-10(11)12-16-13(17-19-12)14(2)6-4-5-7-18-14/h10-11,15H,3-9H2,1-2H3. The van der Waals surface area contributed by atoms with Gasteiger partial charge in [-0.1, -0.05) is 12.1 Å². The lowest BCUT2D eigenvalue weighted by Gasteiger charge is -2.30. The largest absolute Gasteiger partial charge is 0.367 e. The first kappa shape index (κ1) is 14.4. The van der Waals surface area contributed by atoms with Crippen molar-refractivity contribution < 1.29 is 9.26 Å². The topological polar surface area (TPSA) is 60.2 Å². The number of nitrogens with zero attached hydrogens (tertiary/aromatic N) is 2. The zero-order chi connectivity index (χ0) is 14.0. The Morgan fingerprint density at radius 2 is 2.30 bits per heavy atom. The molecule has 0 radical (unpaired) electrons. The number of ether oxygens (including phenoxy) is 1. The predicted octanol–water partition coefficient (Wildman–Crippen LogP) is 2.29.